The molecule has 6 nitrogen and oxygen atoms in total. The van der Waals surface area contributed by atoms with E-state index in [-0.39, 0.29) is 18.3 Å². The second-order valence-corrected chi connectivity index (χ2v) is 9.20. The number of hydrogen-bond acceptors (Lipinski definition) is 5. The number of likely N-dealkylation sites (tertiary alicyclic amines) is 2. The molecule has 0 N–H and O–H groups in total. The summed E-state index contributed by atoms with van der Waals surface area (Å²) < 4.78 is 5.46. The Labute approximate surface area is 192 Å². The molecule has 2 aromatic carbocycles. The van der Waals surface area contributed by atoms with Crippen LogP contribution in [0.15, 0.2) is 65.6 Å². The van der Waals surface area contributed by atoms with Crippen molar-refractivity contribution in [3.05, 3.63) is 66.2 Å². The van der Waals surface area contributed by atoms with Crippen LogP contribution in [0.25, 0.3) is 0 Å². The molecule has 2 aliphatic rings. The molecule has 4 rings (SSSR count). The van der Waals surface area contributed by atoms with Crippen LogP contribution in [0.5, 0.6) is 0 Å². The quantitative estimate of drug-likeness (QED) is 0.591. The summed E-state index contributed by atoms with van der Waals surface area (Å²) in [7, 11) is 0. The first kappa shape index (κ1) is 22.4. The summed E-state index contributed by atoms with van der Waals surface area (Å²) in [5, 5.41) is 0. The zero-order valence-corrected chi connectivity index (χ0v) is 18.8. The van der Waals surface area contributed by atoms with Gasteiger partial charge in [0.1, 0.15) is 12.6 Å². The molecule has 0 saturated carbocycles. The van der Waals surface area contributed by atoms with Crippen LogP contribution in [0.1, 0.15) is 31.2 Å². The van der Waals surface area contributed by atoms with E-state index >= 15 is 0 Å². The van der Waals surface area contributed by atoms with Crippen molar-refractivity contribution < 1.29 is 19.1 Å². The van der Waals surface area contributed by atoms with Crippen LogP contribution in [0, 0.1) is 0 Å². The van der Waals surface area contributed by atoms with Gasteiger partial charge < -0.3 is 9.64 Å². The molecule has 2 aliphatic heterocycles. The number of Topliss-reactive ketones (excluding diaryl/α,β-unsaturated/α-hetero) is 1. The topological polar surface area (TPSA) is 66.9 Å². The van der Waals surface area contributed by atoms with Gasteiger partial charge in [-0.25, -0.2) is 4.79 Å². The van der Waals surface area contributed by atoms with Gasteiger partial charge in [0, 0.05) is 18.0 Å². The van der Waals surface area contributed by atoms with Crippen molar-refractivity contribution in [3.8, 4) is 0 Å². The molecule has 0 aliphatic carbocycles. The number of thioether (sulfide) groups is 1. The second-order valence-electron chi connectivity index (χ2n) is 8.15. The molecule has 0 radical (unpaired) electrons. The standard InChI is InChI=1S/C25H28N2O4S/c28-23(18-32-20-11-5-2-6-12-20)21-13-7-15-26(21)24(29)22-14-8-16-27(22)25(30)31-17-19-9-3-1-4-10-19/h1-6,9-12,21-22H,7-8,13-18H2/t21-,22+/m0/s1. The first-order valence-corrected chi connectivity index (χ1v) is 12.1. The molecule has 2 heterocycles. The van der Waals surface area contributed by atoms with Gasteiger partial charge in [0.05, 0.1) is 11.8 Å². The lowest BCUT2D eigenvalue weighted by Gasteiger charge is -2.30. The van der Waals surface area contributed by atoms with Crippen LogP contribution in [0.2, 0.25) is 0 Å². The molecule has 0 unspecified atom stereocenters. The maximum atomic E-state index is 13.3. The molecule has 0 bridgehead atoms. The Morgan fingerprint density at radius 1 is 0.844 bits per heavy atom. The van der Waals surface area contributed by atoms with E-state index in [2.05, 4.69) is 0 Å². The number of carbonyl (C=O) groups excluding carboxylic acids is 3. The van der Waals surface area contributed by atoms with Gasteiger partial charge in [0.25, 0.3) is 0 Å². The Morgan fingerprint density at radius 3 is 2.19 bits per heavy atom. The van der Waals surface area contributed by atoms with Crippen LogP contribution in [-0.2, 0) is 20.9 Å². The summed E-state index contributed by atoms with van der Waals surface area (Å²) in [6, 6.07) is 18.3. The molecule has 168 valence electrons. The van der Waals surface area contributed by atoms with E-state index in [4.69, 9.17) is 4.74 Å². The molecule has 0 aromatic heterocycles. The number of benzene rings is 2. The molecule has 0 spiro atoms. The fourth-order valence-electron chi connectivity index (χ4n) is 4.37. The first-order chi connectivity index (χ1) is 15.6. The number of hydrogen-bond donors (Lipinski definition) is 0. The number of carbonyl (C=O) groups is 3. The first-order valence-electron chi connectivity index (χ1n) is 11.1. The van der Waals surface area contributed by atoms with Gasteiger partial charge in [-0.3, -0.25) is 14.5 Å². The minimum absolute atomic E-state index is 0.0703. The van der Waals surface area contributed by atoms with Gasteiger partial charge >= 0.3 is 6.09 Å². The summed E-state index contributed by atoms with van der Waals surface area (Å²) in [4.78, 5) is 43.2. The molecule has 7 heteroatoms. The van der Waals surface area contributed by atoms with Crippen molar-refractivity contribution >= 4 is 29.5 Å². The maximum absolute atomic E-state index is 13.3. The summed E-state index contributed by atoms with van der Waals surface area (Å²) in [5.74, 6) is 0.284. The molecule has 2 atom stereocenters. The highest BCUT2D eigenvalue weighted by Crippen LogP contribution is 2.27. The lowest BCUT2D eigenvalue weighted by Crippen LogP contribution is -2.51. The van der Waals surface area contributed by atoms with Crippen molar-refractivity contribution in [1.29, 1.82) is 0 Å². The summed E-state index contributed by atoms with van der Waals surface area (Å²) in [5.41, 5.74) is 0.907. The molecule has 2 saturated heterocycles. The third kappa shape index (κ3) is 5.33. The summed E-state index contributed by atoms with van der Waals surface area (Å²) in [6.07, 6.45) is 2.39. The van der Waals surface area contributed by atoms with Crippen molar-refractivity contribution in [2.75, 3.05) is 18.8 Å². The fraction of sp³-hybridized carbons (Fsp3) is 0.400. The van der Waals surface area contributed by atoms with E-state index in [1.165, 1.54) is 16.7 Å². The number of nitrogens with zero attached hydrogens (tertiary/aromatic N) is 2. The van der Waals surface area contributed by atoms with Crippen LogP contribution in [0.3, 0.4) is 0 Å². The second kappa shape index (κ2) is 10.7. The highest BCUT2D eigenvalue weighted by Gasteiger charge is 2.42. The number of ether oxygens (including phenoxy) is 1. The molecular weight excluding hydrogens is 424 g/mol. The smallest absolute Gasteiger partial charge is 0.410 e. The van der Waals surface area contributed by atoms with E-state index < -0.39 is 18.2 Å². The summed E-state index contributed by atoms with van der Waals surface area (Å²) in [6.45, 7) is 1.24. The molecule has 2 aromatic rings. The highest BCUT2D eigenvalue weighted by atomic mass is 32.2. The van der Waals surface area contributed by atoms with Gasteiger partial charge in [-0.2, -0.15) is 0 Å². The zero-order valence-electron chi connectivity index (χ0n) is 18.0. The predicted molar refractivity (Wildman–Crippen MR) is 123 cm³/mol. The Balaban J connectivity index is 1.35. The SMILES string of the molecule is O=C(CSc1ccccc1)[C@@H]1CCCN1C(=O)[C@H]1CCCN1C(=O)OCc1ccccc1. The number of ketones is 1. The zero-order chi connectivity index (χ0) is 22.3. The lowest BCUT2D eigenvalue weighted by atomic mass is 10.1. The van der Waals surface area contributed by atoms with E-state index in [9.17, 15) is 14.4 Å². The Bertz CT molecular complexity index is 862. The highest BCUT2D eigenvalue weighted by molar-refractivity contribution is 8.00. The Kier molecular flexibility index (Phi) is 7.47. The van der Waals surface area contributed by atoms with E-state index in [0.717, 1.165) is 23.3 Å². The summed E-state index contributed by atoms with van der Waals surface area (Å²) >= 11 is 1.50. The lowest BCUT2D eigenvalue weighted by molar-refractivity contribution is -0.140. The van der Waals surface area contributed by atoms with E-state index in [1.54, 1.807) is 4.90 Å². The van der Waals surface area contributed by atoms with Crippen molar-refractivity contribution in [2.45, 2.75) is 49.3 Å². The third-order valence-corrected chi connectivity index (χ3v) is 7.04. The third-order valence-electron chi connectivity index (χ3n) is 6.01. The van der Waals surface area contributed by atoms with Crippen LogP contribution in [0.4, 0.5) is 4.79 Å². The predicted octanol–water partition coefficient (Wildman–Crippen LogP) is 4.14. The fourth-order valence-corrected chi connectivity index (χ4v) is 5.22. The molecule has 2 fully saturated rings. The molecule has 2 amide bonds. The Hall–Kier alpha value is -2.80. The van der Waals surface area contributed by atoms with Crippen LogP contribution >= 0.6 is 11.8 Å². The minimum Gasteiger partial charge on any atom is -0.445 e. The van der Waals surface area contributed by atoms with Gasteiger partial charge in [0.2, 0.25) is 5.91 Å². The Morgan fingerprint density at radius 2 is 1.47 bits per heavy atom. The van der Waals surface area contributed by atoms with Crippen LogP contribution in [-0.4, -0.2) is 58.5 Å². The number of rotatable bonds is 7. The van der Waals surface area contributed by atoms with Crippen molar-refractivity contribution in [1.82, 2.24) is 9.80 Å². The average molecular weight is 453 g/mol. The van der Waals surface area contributed by atoms with Crippen molar-refractivity contribution in [3.63, 3.8) is 0 Å². The molecule has 32 heavy (non-hydrogen) atoms. The largest absolute Gasteiger partial charge is 0.445 e. The monoisotopic (exact) mass is 452 g/mol. The van der Waals surface area contributed by atoms with Gasteiger partial charge in [-0.15, -0.1) is 11.8 Å². The minimum atomic E-state index is -0.548. The van der Waals surface area contributed by atoms with E-state index in [1.807, 2.05) is 60.7 Å². The molecular formula is C25H28N2O4S. The van der Waals surface area contributed by atoms with Crippen LogP contribution < -0.4 is 0 Å². The number of amides is 2. The average Bonchev–Trinajstić information content (AvgIpc) is 3.52. The normalized spacial score (nSPS) is 20.4. The maximum Gasteiger partial charge on any atom is 0.410 e. The van der Waals surface area contributed by atoms with Gasteiger partial charge in [0.15, 0.2) is 5.78 Å². The van der Waals surface area contributed by atoms with Gasteiger partial charge in [-0.1, -0.05) is 48.5 Å². The van der Waals surface area contributed by atoms with Crippen molar-refractivity contribution in [2.24, 2.45) is 0 Å². The van der Waals surface area contributed by atoms with Gasteiger partial charge in [-0.05, 0) is 43.4 Å². The van der Waals surface area contributed by atoms with E-state index in [0.29, 0.717) is 31.7 Å².